The maximum absolute atomic E-state index is 8.85. The number of nitrogens with zero attached hydrogens (tertiary/aromatic N) is 1. The zero-order chi connectivity index (χ0) is 8.27. The average molecular weight is 153 g/mol. The fourth-order valence-electron chi connectivity index (χ4n) is 1.01. The van der Waals surface area contributed by atoms with Crippen LogP contribution in [-0.4, -0.2) is 17.2 Å². The Labute approximate surface area is 65.7 Å². The van der Waals surface area contributed by atoms with Crippen LogP contribution in [0.5, 0.6) is 5.75 Å². The Balaban J connectivity index is 3.13. The summed E-state index contributed by atoms with van der Waals surface area (Å²) in [4.78, 5) is 3.92. The lowest BCUT2D eigenvalue weighted by atomic mass is 10.2. The van der Waals surface area contributed by atoms with E-state index in [-0.39, 0.29) is 6.61 Å². The maximum atomic E-state index is 8.85. The molecule has 0 fully saturated rings. The molecule has 0 amide bonds. The lowest BCUT2D eigenvalue weighted by Crippen LogP contribution is -1.95. The third kappa shape index (κ3) is 1.49. The minimum Gasteiger partial charge on any atom is -0.496 e. The van der Waals surface area contributed by atoms with Crippen LogP contribution in [0.15, 0.2) is 12.4 Å². The first-order chi connectivity index (χ1) is 5.29. The SMILES string of the molecule is COc1c(C)cncc1CO. The van der Waals surface area contributed by atoms with Gasteiger partial charge in [0.15, 0.2) is 0 Å². The van der Waals surface area contributed by atoms with Gasteiger partial charge in [0, 0.05) is 23.5 Å². The van der Waals surface area contributed by atoms with Crippen molar-refractivity contribution in [3.05, 3.63) is 23.5 Å². The van der Waals surface area contributed by atoms with Crippen LogP contribution in [0.4, 0.5) is 0 Å². The zero-order valence-electron chi connectivity index (χ0n) is 6.66. The minimum absolute atomic E-state index is 0.0299. The fraction of sp³-hybridized carbons (Fsp3) is 0.375. The first-order valence-corrected chi connectivity index (χ1v) is 3.38. The number of aromatic nitrogens is 1. The molecule has 0 aliphatic carbocycles. The van der Waals surface area contributed by atoms with Crippen LogP contribution in [0.2, 0.25) is 0 Å². The van der Waals surface area contributed by atoms with Crippen LogP contribution in [0, 0.1) is 6.92 Å². The number of aliphatic hydroxyl groups excluding tert-OH is 1. The molecule has 60 valence electrons. The van der Waals surface area contributed by atoms with Crippen molar-refractivity contribution in [3.63, 3.8) is 0 Å². The lowest BCUT2D eigenvalue weighted by molar-refractivity contribution is 0.273. The third-order valence-corrected chi connectivity index (χ3v) is 1.52. The second kappa shape index (κ2) is 3.34. The van der Waals surface area contributed by atoms with E-state index in [1.807, 2.05) is 6.92 Å². The summed E-state index contributed by atoms with van der Waals surface area (Å²) < 4.78 is 5.07. The van der Waals surface area contributed by atoms with E-state index >= 15 is 0 Å². The van der Waals surface area contributed by atoms with Gasteiger partial charge in [-0.05, 0) is 6.92 Å². The predicted octanol–water partition coefficient (Wildman–Crippen LogP) is 0.891. The van der Waals surface area contributed by atoms with E-state index in [1.54, 1.807) is 19.5 Å². The monoisotopic (exact) mass is 153 g/mol. The van der Waals surface area contributed by atoms with E-state index in [0.29, 0.717) is 0 Å². The highest BCUT2D eigenvalue weighted by Crippen LogP contribution is 2.20. The second-order valence-corrected chi connectivity index (χ2v) is 2.31. The fourth-order valence-corrected chi connectivity index (χ4v) is 1.01. The van der Waals surface area contributed by atoms with Crippen LogP contribution >= 0.6 is 0 Å². The van der Waals surface area contributed by atoms with E-state index in [1.165, 1.54) is 0 Å². The Morgan fingerprint density at radius 1 is 1.55 bits per heavy atom. The van der Waals surface area contributed by atoms with Crippen molar-refractivity contribution in [2.24, 2.45) is 0 Å². The van der Waals surface area contributed by atoms with E-state index in [0.717, 1.165) is 16.9 Å². The van der Waals surface area contributed by atoms with Gasteiger partial charge in [0.1, 0.15) is 5.75 Å². The van der Waals surface area contributed by atoms with Gasteiger partial charge in [-0.15, -0.1) is 0 Å². The molecule has 0 saturated carbocycles. The molecule has 0 aliphatic rings. The number of rotatable bonds is 2. The van der Waals surface area contributed by atoms with Crippen molar-refractivity contribution >= 4 is 0 Å². The molecule has 1 N–H and O–H groups in total. The zero-order valence-corrected chi connectivity index (χ0v) is 6.66. The molecule has 3 heteroatoms. The van der Waals surface area contributed by atoms with Crippen molar-refractivity contribution in [2.75, 3.05) is 7.11 Å². The Bertz CT molecular complexity index is 248. The Hall–Kier alpha value is -1.09. The molecular weight excluding hydrogens is 142 g/mol. The molecule has 3 nitrogen and oxygen atoms in total. The average Bonchev–Trinajstić information content (AvgIpc) is 2.04. The molecule has 0 unspecified atom stereocenters. The topological polar surface area (TPSA) is 42.4 Å². The highest BCUT2D eigenvalue weighted by molar-refractivity contribution is 5.37. The van der Waals surface area contributed by atoms with Crippen molar-refractivity contribution in [3.8, 4) is 5.75 Å². The highest BCUT2D eigenvalue weighted by Gasteiger charge is 2.03. The number of ether oxygens (including phenoxy) is 1. The largest absolute Gasteiger partial charge is 0.496 e. The van der Waals surface area contributed by atoms with Gasteiger partial charge in [-0.3, -0.25) is 4.98 Å². The van der Waals surface area contributed by atoms with Crippen molar-refractivity contribution in [2.45, 2.75) is 13.5 Å². The van der Waals surface area contributed by atoms with Gasteiger partial charge in [-0.2, -0.15) is 0 Å². The summed E-state index contributed by atoms with van der Waals surface area (Å²) in [5, 5.41) is 8.85. The molecule has 0 radical (unpaired) electrons. The molecule has 1 aromatic rings. The smallest absolute Gasteiger partial charge is 0.130 e. The van der Waals surface area contributed by atoms with Crippen molar-refractivity contribution < 1.29 is 9.84 Å². The van der Waals surface area contributed by atoms with Gasteiger partial charge in [0.05, 0.1) is 13.7 Å². The molecular formula is C8H11NO2. The van der Waals surface area contributed by atoms with Crippen LogP contribution in [0.1, 0.15) is 11.1 Å². The highest BCUT2D eigenvalue weighted by atomic mass is 16.5. The molecule has 0 spiro atoms. The summed E-state index contributed by atoms with van der Waals surface area (Å²) in [5.41, 5.74) is 1.67. The first-order valence-electron chi connectivity index (χ1n) is 3.38. The molecule has 0 saturated heterocycles. The number of hydrogen-bond donors (Lipinski definition) is 1. The number of methoxy groups -OCH3 is 1. The van der Waals surface area contributed by atoms with Crippen LogP contribution in [0.25, 0.3) is 0 Å². The molecule has 0 bridgehead atoms. The van der Waals surface area contributed by atoms with E-state index < -0.39 is 0 Å². The Morgan fingerprint density at radius 2 is 2.27 bits per heavy atom. The molecule has 0 aromatic carbocycles. The molecule has 1 rings (SSSR count). The van der Waals surface area contributed by atoms with Gasteiger partial charge in [-0.25, -0.2) is 0 Å². The molecule has 11 heavy (non-hydrogen) atoms. The summed E-state index contributed by atoms with van der Waals surface area (Å²) in [6.45, 7) is 1.86. The van der Waals surface area contributed by atoms with E-state index in [4.69, 9.17) is 9.84 Å². The standard InChI is InChI=1S/C8H11NO2/c1-6-3-9-4-7(5-10)8(6)11-2/h3-4,10H,5H2,1-2H3. The van der Waals surface area contributed by atoms with E-state index in [9.17, 15) is 0 Å². The lowest BCUT2D eigenvalue weighted by Gasteiger charge is -2.07. The number of pyridine rings is 1. The summed E-state index contributed by atoms with van der Waals surface area (Å²) in [7, 11) is 1.58. The molecule has 0 atom stereocenters. The third-order valence-electron chi connectivity index (χ3n) is 1.52. The van der Waals surface area contributed by atoms with Gasteiger partial charge in [0.2, 0.25) is 0 Å². The second-order valence-electron chi connectivity index (χ2n) is 2.31. The normalized spacial score (nSPS) is 9.73. The summed E-state index contributed by atoms with van der Waals surface area (Å²) in [5.74, 6) is 0.725. The number of aryl methyl sites for hydroxylation is 1. The van der Waals surface area contributed by atoms with Crippen molar-refractivity contribution in [1.29, 1.82) is 0 Å². The van der Waals surface area contributed by atoms with Gasteiger partial charge >= 0.3 is 0 Å². The summed E-state index contributed by atoms with van der Waals surface area (Å²) >= 11 is 0. The Kier molecular flexibility index (Phi) is 2.44. The van der Waals surface area contributed by atoms with Crippen LogP contribution in [0.3, 0.4) is 0 Å². The predicted molar refractivity (Wildman–Crippen MR) is 41.4 cm³/mol. The Morgan fingerprint density at radius 3 is 2.73 bits per heavy atom. The number of aliphatic hydroxyl groups is 1. The minimum atomic E-state index is -0.0299. The van der Waals surface area contributed by atoms with Gasteiger partial charge < -0.3 is 9.84 Å². The molecule has 1 aromatic heterocycles. The maximum Gasteiger partial charge on any atom is 0.130 e. The van der Waals surface area contributed by atoms with Gasteiger partial charge in [0.25, 0.3) is 0 Å². The van der Waals surface area contributed by atoms with Crippen molar-refractivity contribution in [1.82, 2.24) is 4.98 Å². The quantitative estimate of drug-likeness (QED) is 0.686. The number of hydrogen-bond acceptors (Lipinski definition) is 3. The summed E-state index contributed by atoms with van der Waals surface area (Å²) in [6.07, 6.45) is 3.31. The first kappa shape index (κ1) is 8.01. The van der Waals surface area contributed by atoms with Crippen LogP contribution in [-0.2, 0) is 6.61 Å². The van der Waals surface area contributed by atoms with Gasteiger partial charge in [-0.1, -0.05) is 0 Å². The van der Waals surface area contributed by atoms with E-state index in [2.05, 4.69) is 4.98 Å². The van der Waals surface area contributed by atoms with Crippen LogP contribution < -0.4 is 4.74 Å². The summed E-state index contributed by atoms with van der Waals surface area (Å²) in [6, 6.07) is 0. The molecule has 0 aliphatic heterocycles. The molecule has 1 heterocycles.